The summed E-state index contributed by atoms with van der Waals surface area (Å²) in [7, 11) is 0. The molecule has 6 rings (SSSR count). The Hall–Kier alpha value is -5.24. The van der Waals surface area contributed by atoms with Gasteiger partial charge in [0.2, 0.25) is 17.5 Å². The molecule has 1 aromatic heterocycles. The van der Waals surface area contributed by atoms with Crippen LogP contribution in [0.15, 0.2) is 76.0 Å². The van der Waals surface area contributed by atoms with Crippen LogP contribution in [0.3, 0.4) is 0 Å². The van der Waals surface area contributed by atoms with Gasteiger partial charge in [0.1, 0.15) is 77.2 Å². The molecule has 0 radical (unpaired) electrons. The fourth-order valence-electron chi connectivity index (χ4n) is 5.86. The normalized spacial score (nSPS) is 27.5. The van der Waals surface area contributed by atoms with Gasteiger partial charge in [0.05, 0.1) is 12.7 Å². The summed E-state index contributed by atoms with van der Waals surface area (Å²) in [6.07, 6.45) is -12.0. The number of hydrogen-bond donors (Lipinski definition) is 9. The highest BCUT2D eigenvalue weighted by atomic mass is 16.7. The fourth-order valence-corrected chi connectivity index (χ4v) is 5.86. The first kappa shape index (κ1) is 37.5. The molecular weight excluding hydrogens is 704 g/mol. The van der Waals surface area contributed by atoms with Crippen molar-refractivity contribution in [1.29, 1.82) is 0 Å². The highest BCUT2D eigenvalue weighted by molar-refractivity contribution is 5.88. The van der Waals surface area contributed by atoms with E-state index in [1.54, 1.807) is 12.1 Å². The van der Waals surface area contributed by atoms with Crippen molar-refractivity contribution in [1.82, 2.24) is 0 Å². The number of aliphatic hydroxyl groups excluding tert-OH is 5. The zero-order valence-corrected chi connectivity index (χ0v) is 27.5. The quantitative estimate of drug-likeness (QED) is 0.0794. The van der Waals surface area contributed by atoms with Gasteiger partial charge in [-0.1, -0.05) is 12.1 Å². The van der Waals surface area contributed by atoms with E-state index < -0.39 is 97.2 Å². The van der Waals surface area contributed by atoms with E-state index in [1.165, 1.54) is 42.5 Å². The number of phenolic OH excluding ortho intramolecular Hbond substituents is 4. The highest BCUT2D eigenvalue weighted by Crippen LogP contribution is 2.38. The zero-order valence-electron chi connectivity index (χ0n) is 27.5. The monoisotopic (exact) mass is 740 g/mol. The third-order valence-electron chi connectivity index (χ3n) is 8.64. The van der Waals surface area contributed by atoms with E-state index in [2.05, 4.69) is 0 Å². The Bertz CT molecular complexity index is 1990. The van der Waals surface area contributed by atoms with E-state index in [-0.39, 0.29) is 40.2 Å². The summed E-state index contributed by atoms with van der Waals surface area (Å²) >= 11 is 0. The van der Waals surface area contributed by atoms with Crippen molar-refractivity contribution in [3.63, 3.8) is 0 Å². The van der Waals surface area contributed by atoms with Gasteiger partial charge in [-0.25, -0.2) is 4.79 Å². The van der Waals surface area contributed by atoms with Crippen molar-refractivity contribution in [2.24, 2.45) is 0 Å². The molecule has 9 N–H and O–H groups in total. The average Bonchev–Trinajstić information content (AvgIpc) is 3.13. The van der Waals surface area contributed by atoms with Gasteiger partial charge in [-0.2, -0.15) is 0 Å². The number of aromatic hydroxyl groups is 4. The molecule has 53 heavy (non-hydrogen) atoms. The van der Waals surface area contributed by atoms with Crippen molar-refractivity contribution in [3.8, 4) is 40.1 Å². The lowest BCUT2D eigenvalue weighted by molar-refractivity contribution is -0.336. The lowest BCUT2D eigenvalue weighted by atomic mass is 9.98. The SMILES string of the molecule is O=C(/C=C/c1ccc(O)cc1)OCC1O[C@@H](Oc2c(-c3ccc(O)cc3)oc3cc(O)cc(O)c3c2=O)C(O)C[C@H]1O[C@@H]1OC(CO)[C@H](O)C(O)C1O. The Morgan fingerprint density at radius 3 is 2.15 bits per heavy atom. The number of hydrogen-bond acceptors (Lipinski definition) is 17. The summed E-state index contributed by atoms with van der Waals surface area (Å²) in [6.45, 7) is -1.31. The van der Waals surface area contributed by atoms with Crippen LogP contribution >= 0.6 is 0 Å². The van der Waals surface area contributed by atoms with Gasteiger partial charge in [0.25, 0.3) is 0 Å². The largest absolute Gasteiger partial charge is 0.508 e. The van der Waals surface area contributed by atoms with Gasteiger partial charge >= 0.3 is 5.97 Å². The highest BCUT2D eigenvalue weighted by Gasteiger charge is 2.48. The number of ether oxygens (including phenoxy) is 5. The van der Waals surface area contributed by atoms with Crippen LogP contribution in [-0.4, -0.2) is 120 Å². The minimum atomic E-state index is -1.82. The predicted molar refractivity (Wildman–Crippen MR) is 180 cm³/mol. The number of carbonyl (C=O) groups excluding carboxylic acids is 1. The second kappa shape index (κ2) is 15.8. The second-order valence-electron chi connectivity index (χ2n) is 12.4. The standard InChI is InChI=1S/C36H36O17/c37-14-25-29(44)31(46)32(47)36(51-25)50-23-13-22(42)35(52-26(23)15-48-27(43)10-3-16-1-6-18(38)7-2-16)53-34-30(45)28-21(41)11-20(40)12-24(28)49-33(34)17-4-8-19(39)9-5-17/h1-12,22-23,25-26,29,31-32,35-42,44,46-47H,13-15H2/b10-3+/t22?,23-,25?,26?,29+,31?,32?,35+,36-/m1/s1. The Balaban J connectivity index is 1.30. The molecule has 3 heterocycles. The molecule has 5 unspecified atom stereocenters. The van der Waals surface area contributed by atoms with Gasteiger partial charge in [0, 0.05) is 30.2 Å². The minimum absolute atomic E-state index is 0.0244. The van der Waals surface area contributed by atoms with Crippen molar-refractivity contribution >= 4 is 23.0 Å². The Kier molecular flexibility index (Phi) is 11.2. The van der Waals surface area contributed by atoms with E-state index in [9.17, 15) is 55.5 Å². The Labute approximate surface area is 299 Å². The summed E-state index contributed by atoms with van der Waals surface area (Å²) in [5.74, 6) is -2.76. The van der Waals surface area contributed by atoms with E-state index in [0.717, 1.165) is 18.2 Å². The molecule has 282 valence electrons. The molecule has 17 nitrogen and oxygen atoms in total. The van der Waals surface area contributed by atoms with Gasteiger partial charge < -0.3 is 74.1 Å². The molecule has 0 spiro atoms. The fraction of sp³-hybridized carbons (Fsp3) is 0.333. The van der Waals surface area contributed by atoms with Crippen molar-refractivity contribution in [3.05, 3.63) is 82.5 Å². The van der Waals surface area contributed by atoms with E-state index >= 15 is 0 Å². The molecule has 2 aliphatic rings. The number of phenols is 4. The van der Waals surface area contributed by atoms with Crippen LogP contribution in [-0.2, 0) is 23.7 Å². The molecule has 4 aromatic rings. The number of aliphatic hydroxyl groups is 5. The van der Waals surface area contributed by atoms with Crippen molar-refractivity contribution in [2.75, 3.05) is 13.2 Å². The second-order valence-corrected chi connectivity index (χ2v) is 12.4. The van der Waals surface area contributed by atoms with Crippen LogP contribution < -0.4 is 10.2 Å². The molecular formula is C36H36O17. The van der Waals surface area contributed by atoms with Crippen LogP contribution in [0.4, 0.5) is 0 Å². The Morgan fingerprint density at radius 2 is 1.47 bits per heavy atom. The van der Waals surface area contributed by atoms with Crippen molar-refractivity contribution in [2.45, 2.75) is 61.7 Å². The molecule has 0 bridgehead atoms. The smallest absolute Gasteiger partial charge is 0.330 e. The lowest BCUT2D eigenvalue weighted by Gasteiger charge is -2.44. The number of rotatable bonds is 10. The average molecular weight is 741 g/mol. The summed E-state index contributed by atoms with van der Waals surface area (Å²) < 4.78 is 34.6. The van der Waals surface area contributed by atoms with Crippen LogP contribution in [0.1, 0.15) is 12.0 Å². The summed E-state index contributed by atoms with van der Waals surface area (Å²) in [4.78, 5) is 26.6. The molecule has 2 saturated heterocycles. The van der Waals surface area contributed by atoms with Crippen LogP contribution in [0.25, 0.3) is 28.4 Å². The summed E-state index contributed by atoms with van der Waals surface area (Å²) in [5, 5.41) is 91.5. The lowest BCUT2D eigenvalue weighted by Crippen LogP contribution is -2.61. The first-order valence-corrected chi connectivity index (χ1v) is 16.2. The van der Waals surface area contributed by atoms with E-state index in [0.29, 0.717) is 5.56 Å². The maximum Gasteiger partial charge on any atom is 0.330 e. The van der Waals surface area contributed by atoms with Gasteiger partial charge in [-0.05, 0) is 48.0 Å². The third kappa shape index (κ3) is 8.22. The topological polar surface area (TPSA) is 275 Å². The van der Waals surface area contributed by atoms with E-state index in [1.807, 2.05) is 0 Å². The maximum absolute atomic E-state index is 13.8. The maximum atomic E-state index is 13.8. The van der Waals surface area contributed by atoms with Gasteiger partial charge in [0.15, 0.2) is 12.1 Å². The molecule has 2 aliphatic heterocycles. The first-order chi connectivity index (χ1) is 25.3. The first-order valence-electron chi connectivity index (χ1n) is 16.2. The summed E-state index contributed by atoms with van der Waals surface area (Å²) in [5.41, 5.74) is -0.371. The number of esters is 1. The van der Waals surface area contributed by atoms with Crippen LogP contribution in [0, 0.1) is 0 Å². The van der Waals surface area contributed by atoms with Crippen molar-refractivity contribution < 1.29 is 78.9 Å². The molecule has 17 heteroatoms. The van der Waals surface area contributed by atoms with Gasteiger partial charge in [-0.3, -0.25) is 4.79 Å². The molecule has 0 aliphatic carbocycles. The molecule has 0 saturated carbocycles. The number of benzene rings is 3. The van der Waals surface area contributed by atoms with Gasteiger partial charge in [-0.15, -0.1) is 0 Å². The molecule has 0 amide bonds. The third-order valence-corrected chi connectivity index (χ3v) is 8.64. The molecule has 9 atom stereocenters. The summed E-state index contributed by atoms with van der Waals surface area (Å²) in [6, 6.07) is 13.3. The molecule has 3 aromatic carbocycles. The number of fused-ring (bicyclic) bond motifs is 1. The van der Waals surface area contributed by atoms with E-state index in [4.69, 9.17) is 28.1 Å². The zero-order chi connectivity index (χ0) is 38.0. The number of carbonyl (C=O) groups is 1. The minimum Gasteiger partial charge on any atom is -0.508 e. The van der Waals surface area contributed by atoms with Crippen LogP contribution in [0.5, 0.6) is 28.7 Å². The predicted octanol–water partition coefficient (Wildman–Crippen LogP) is 0.579. The molecule has 2 fully saturated rings. The van der Waals surface area contributed by atoms with Crippen LogP contribution in [0.2, 0.25) is 0 Å². The Morgan fingerprint density at radius 1 is 0.811 bits per heavy atom.